The number of unbranched alkanes of at least 4 members (excludes halogenated alkanes) is 2. The average molecular weight is 361 g/mol. The van der Waals surface area contributed by atoms with Gasteiger partial charge in [0, 0.05) is 6.42 Å². The van der Waals surface area contributed by atoms with E-state index in [9.17, 15) is 9.90 Å². The zero-order valence-electron chi connectivity index (χ0n) is 16.4. The number of hydrogen-bond acceptors (Lipinski definition) is 2. The molecular weight excluding hydrogens is 324 g/mol. The Morgan fingerprint density at radius 3 is 2.46 bits per heavy atom. The first kappa shape index (κ1) is 24.1. The van der Waals surface area contributed by atoms with Gasteiger partial charge in [-0.25, -0.2) is 0 Å². The number of aliphatic carboxylic acids is 1. The Hall–Kier alpha value is -1.87. The van der Waals surface area contributed by atoms with Crippen molar-refractivity contribution in [2.75, 3.05) is 0 Å². The molecule has 0 aromatic carbocycles. The molecule has 0 amide bonds. The van der Waals surface area contributed by atoms with Gasteiger partial charge in [0.05, 0.1) is 6.10 Å². The van der Waals surface area contributed by atoms with Crippen molar-refractivity contribution in [2.24, 2.45) is 5.92 Å². The summed E-state index contributed by atoms with van der Waals surface area (Å²) in [5, 5.41) is 18.3. The number of allylic oxidation sites excluding steroid dienone is 9. The standard InChI is InChI=1S/C23H36O3/c1-3-4-12-18-22(24)19-15-17-21(2)16-13-10-8-6-5-7-9-11-14-20-23(25)26/h5-6,8-11,13,15-16,19,21-22,24H,3-4,7,12,14,17-18,20H2,1-2H3,(H,25,26)/b6-5-,10-8+,11-9-,16-13-,19-15+. The summed E-state index contributed by atoms with van der Waals surface area (Å²) in [5.74, 6) is -0.312. The maximum absolute atomic E-state index is 10.3. The fraction of sp³-hybridized carbons (Fsp3) is 0.522. The second-order valence-electron chi connectivity index (χ2n) is 6.54. The lowest BCUT2D eigenvalue weighted by Crippen LogP contribution is -2.01. The fourth-order valence-corrected chi connectivity index (χ4v) is 2.27. The Balaban J connectivity index is 3.82. The second kappa shape index (κ2) is 17.9. The Morgan fingerprint density at radius 1 is 0.962 bits per heavy atom. The Bertz CT molecular complexity index is 484. The van der Waals surface area contributed by atoms with Crippen molar-refractivity contribution in [3.8, 4) is 0 Å². The maximum Gasteiger partial charge on any atom is 0.303 e. The molecule has 0 aliphatic rings. The molecule has 2 N–H and O–H groups in total. The summed E-state index contributed by atoms with van der Waals surface area (Å²) >= 11 is 0. The minimum absolute atomic E-state index is 0.191. The first-order valence-electron chi connectivity index (χ1n) is 9.77. The SMILES string of the molecule is CCCCCC(O)/C=C/CC(C)\C=C/C=C/C=C\C/C=C\CCC(=O)O. The molecule has 0 aromatic rings. The molecule has 26 heavy (non-hydrogen) atoms. The molecule has 3 heteroatoms. The Kier molecular flexibility index (Phi) is 16.6. The lowest BCUT2D eigenvalue weighted by Gasteiger charge is -2.05. The highest BCUT2D eigenvalue weighted by atomic mass is 16.4. The molecule has 0 saturated carbocycles. The predicted octanol–water partition coefficient (Wildman–Crippen LogP) is 5.99. The Labute approximate surface area is 159 Å². The van der Waals surface area contributed by atoms with Crippen LogP contribution in [0.5, 0.6) is 0 Å². The molecule has 2 unspecified atom stereocenters. The highest BCUT2D eigenvalue weighted by Gasteiger charge is 1.98. The summed E-state index contributed by atoms with van der Waals surface area (Å²) in [4.78, 5) is 10.3. The zero-order chi connectivity index (χ0) is 19.5. The van der Waals surface area contributed by atoms with Gasteiger partial charge in [0.15, 0.2) is 0 Å². The number of rotatable bonds is 15. The molecule has 3 nitrogen and oxygen atoms in total. The van der Waals surface area contributed by atoms with E-state index in [0.29, 0.717) is 12.3 Å². The van der Waals surface area contributed by atoms with E-state index in [1.165, 1.54) is 12.8 Å². The Morgan fingerprint density at radius 2 is 1.73 bits per heavy atom. The molecular formula is C23H36O3. The van der Waals surface area contributed by atoms with Crippen molar-refractivity contribution in [2.45, 2.75) is 71.3 Å². The summed E-state index contributed by atoms with van der Waals surface area (Å²) < 4.78 is 0. The van der Waals surface area contributed by atoms with Crippen molar-refractivity contribution >= 4 is 5.97 Å². The van der Waals surface area contributed by atoms with Gasteiger partial charge in [-0.15, -0.1) is 0 Å². The maximum atomic E-state index is 10.3. The monoisotopic (exact) mass is 360 g/mol. The molecule has 0 radical (unpaired) electrons. The van der Waals surface area contributed by atoms with Crippen molar-refractivity contribution in [3.05, 3.63) is 60.8 Å². The van der Waals surface area contributed by atoms with Crippen LogP contribution in [0.1, 0.15) is 65.2 Å². The molecule has 0 aliphatic heterocycles. The van der Waals surface area contributed by atoms with Gasteiger partial charge >= 0.3 is 5.97 Å². The van der Waals surface area contributed by atoms with Crippen LogP contribution in [0.3, 0.4) is 0 Å². The largest absolute Gasteiger partial charge is 0.481 e. The van der Waals surface area contributed by atoms with E-state index in [2.05, 4.69) is 26.0 Å². The number of carbonyl (C=O) groups is 1. The molecule has 0 fully saturated rings. The molecule has 0 rings (SSSR count). The first-order chi connectivity index (χ1) is 12.6. The third-order valence-electron chi connectivity index (χ3n) is 3.84. The van der Waals surface area contributed by atoms with Crippen LogP contribution in [0.2, 0.25) is 0 Å². The topological polar surface area (TPSA) is 57.5 Å². The van der Waals surface area contributed by atoms with Gasteiger partial charge in [-0.3, -0.25) is 4.79 Å². The minimum Gasteiger partial charge on any atom is -0.481 e. The minimum atomic E-state index is -0.757. The quantitative estimate of drug-likeness (QED) is 0.214. The average Bonchev–Trinajstić information content (AvgIpc) is 2.59. The third-order valence-corrected chi connectivity index (χ3v) is 3.84. The van der Waals surface area contributed by atoms with E-state index < -0.39 is 5.97 Å². The molecule has 0 aromatic heterocycles. The molecule has 0 heterocycles. The summed E-state index contributed by atoms with van der Waals surface area (Å²) in [6.45, 7) is 4.33. The van der Waals surface area contributed by atoms with E-state index >= 15 is 0 Å². The first-order valence-corrected chi connectivity index (χ1v) is 9.77. The number of carboxylic acid groups (broad SMARTS) is 1. The fourth-order valence-electron chi connectivity index (χ4n) is 2.27. The van der Waals surface area contributed by atoms with Gasteiger partial charge in [0.25, 0.3) is 0 Å². The summed E-state index contributed by atoms with van der Waals surface area (Å²) in [5.41, 5.74) is 0. The molecule has 2 atom stereocenters. The van der Waals surface area contributed by atoms with Crippen LogP contribution in [-0.4, -0.2) is 22.3 Å². The normalized spacial score (nSPS) is 15.2. The van der Waals surface area contributed by atoms with Gasteiger partial charge in [-0.1, -0.05) is 93.9 Å². The highest BCUT2D eigenvalue weighted by Crippen LogP contribution is 2.08. The molecule has 0 saturated heterocycles. The van der Waals surface area contributed by atoms with E-state index in [0.717, 1.165) is 25.7 Å². The van der Waals surface area contributed by atoms with Gasteiger partial charge in [-0.05, 0) is 31.6 Å². The van der Waals surface area contributed by atoms with Crippen molar-refractivity contribution in [3.63, 3.8) is 0 Å². The van der Waals surface area contributed by atoms with Crippen LogP contribution >= 0.6 is 0 Å². The zero-order valence-corrected chi connectivity index (χ0v) is 16.4. The van der Waals surface area contributed by atoms with E-state index in [1.54, 1.807) is 0 Å². The number of hydrogen-bond donors (Lipinski definition) is 2. The summed E-state index contributed by atoms with van der Waals surface area (Å²) in [6.07, 6.45) is 26.6. The molecule has 146 valence electrons. The molecule has 0 aliphatic carbocycles. The van der Waals surface area contributed by atoms with Crippen LogP contribution in [0.4, 0.5) is 0 Å². The highest BCUT2D eigenvalue weighted by molar-refractivity contribution is 5.66. The van der Waals surface area contributed by atoms with E-state index in [4.69, 9.17) is 5.11 Å². The third kappa shape index (κ3) is 18.5. The van der Waals surface area contributed by atoms with E-state index in [-0.39, 0.29) is 12.5 Å². The van der Waals surface area contributed by atoms with Crippen molar-refractivity contribution in [1.82, 2.24) is 0 Å². The van der Waals surface area contributed by atoms with Gasteiger partial charge < -0.3 is 10.2 Å². The summed E-state index contributed by atoms with van der Waals surface area (Å²) in [6, 6.07) is 0. The van der Waals surface area contributed by atoms with E-state index in [1.807, 2.05) is 48.6 Å². The van der Waals surface area contributed by atoms with Gasteiger partial charge in [-0.2, -0.15) is 0 Å². The lowest BCUT2D eigenvalue weighted by atomic mass is 10.1. The van der Waals surface area contributed by atoms with Crippen LogP contribution in [0.15, 0.2) is 60.8 Å². The smallest absolute Gasteiger partial charge is 0.303 e. The number of aliphatic hydroxyl groups excluding tert-OH is 1. The van der Waals surface area contributed by atoms with Crippen LogP contribution in [0, 0.1) is 5.92 Å². The summed E-state index contributed by atoms with van der Waals surface area (Å²) in [7, 11) is 0. The predicted molar refractivity (Wildman–Crippen MR) is 111 cm³/mol. The van der Waals surface area contributed by atoms with Crippen molar-refractivity contribution < 1.29 is 15.0 Å². The van der Waals surface area contributed by atoms with Crippen LogP contribution in [0.25, 0.3) is 0 Å². The van der Waals surface area contributed by atoms with Crippen LogP contribution < -0.4 is 0 Å². The molecule has 0 spiro atoms. The lowest BCUT2D eigenvalue weighted by molar-refractivity contribution is -0.136. The van der Waals surface area contributed by atoms with Crippen molar-refractivity contribution in [1.29, 1.82) is 0 Å². The molecule has 0 bridgehead atoms. The second-order valence-corrected chi connectivity index (χ2v) is 6.54. The number of aliphatic hydroxyl groups is 1. The van der Waals surface area contributed by atoms with Crippen LogP contribution in [-0.2, 0) is 4.79 Å². The van der Waals surface area contributed by atoms with Gasteiger partial charge in [0.2, 0.25) is 0 Å². The van der Waals surface area contributed by atoms with Gasteiger partial charge in [0.1, 0.15) is 0 Å². The number of carboxylic acids is 1.